The highest BCUT2D eigenvalue weighted by Crippen LogP contribution is 2.46. The van der Waals surface area contributed by atoms with Crippen molar-refractivity contribution in [3.63, 3.8) is 0 Å². The number of fused-ring (bicyclic) bond motifs is 1. The van der Waals surface area contributed by atoms with E-state index in [9.17, 15) is 9.59 Å². The Morgan fingerprint density at radius 2 is 1.93 bits per heavy atom. The van der Waals surface area contributed by atoms with Gasteiger partial charge in [-0.25, -0.2) is 0 Å². The molecule has 0 aromatic heterocycles. The maximum Gasteiger partial charge on any atom is 0.240 e. The van der Waals surface area contributed by atoms with Crippen molar-refractivity contribution < 1.29 is 9.59 Å². The largest absolute Gasteiger partial charge is 0.354 e. The molecule has 0 spiro atoms. The molecule has 2 aliphatic heterocycles. The second kappa shape index (κ2) is 6.78. The van der Waals surface area contributed by atoms with E-state index in [2.05, 4.69) is 10.2 Å². The maximum atomic E-state index is 12.9. The van der Waals surface area contributed by atoms with Gasteiger partial charge in [0.15, 0.2) is 0 Å². The van der Waals surface area contributed by atoms with Crippen LogP contribution < -0.4 is 10.2 Å². The fourth-order valence-electron chi connectivity index (χ4n) is 4.43. The average molecular weight is 390 g/mol. The minimum Gasteiger partial charge on any atom is -0.354 e. The summed E-state index contributed by atoms with van der Waals surface area (Å²) >= 11 is 6.12. The molecule has 0 atom stereocenters. The van der Waals surface area contributed by atoms with Crippen molar-refractivity contribution in [1.82, 2.24) is 10.2 Å². The number of nitrogens with zero attached hydrogens (tertiary/aromatic N) is 2. The van der Waals surface area contributed by atoms with Crippen LogP contribution in [-0.2, 0) is 15.0 Å². The molecule has 0 radical (unpaired) electrons. The third-order valence-electron chi connectivity index (χ3n) is 6.38. The number of rotatable bonds is 6. The minimum atomic E-state index is -0.659. The lowest BCUT2D eigenvalue weighted by Crippen LogP contribution is -2.45. The van der Waals surface area contributed by atoms with Crippen molar-refractivity contribution in [2.75, 3.05) is 37.6 Å². The van der Waals surface area contributed by atoms with Gasteiger partial charge < -0.3 is 15.1 Å². The molecule has 1 saturated carbocycles. The van der Waals surface area contributed by atoms with Crippen LogP contribution in [0.25, 0.3) is 0 Å². The molecular weight excluding hydrogens is 362 g/mol. The SMILES string of the molecule is CC1(C)C(=O)N(CC(=O)NCC2(CN3CCCC3)CC2)c2ccc(Cl)cc21. The third-order valence-corrected chi connectivity index (χ3v) is 6.61. The molecule has 1 N–H and O–H groups in total. The van der Waals surface area contributed by atoms with Crippen LogP contribution in [0.3, 0.4) is 0 Å². The van der Waals surface area contributed by atoms with Crippen molar-refractivity contribution in [1.29, 1.82) is 0 Å². The zero-order valence-corrected chi connectivity index (χ0v) is 16.9. The molecule has 146 valence electrons. The molecule has 5 nitrogen and oxygen atoms in total. The molecule has 1 aliphatic carbocycles. The van der Waals surface area contributed by atoms with Gasteiger partial charge in [0.2, 0.25) is 11.8 Å². The lowest BCUT2D eigenvalue weighted by atomic mass is 9.86. The summed E-state index contributed by atoms with van der Waals surface area (Å²) in [6.07, 6.45) is 4.94. The standard InChI is InChI=1S/C21H28ClN3O2/c1-20(2)16-11-15(22)5-6-17(16)25(19(20)27)12-18(26)23-13-21(7-8-21)14-24-9-3-4-10-24/h5-6,11H,3-4,7-10,12-14H2,1-2H3,(H,23,26). The smallest absolute Gasteiger partial charge is 0.240 e. The maximum absolute atomic E-state index is 12.9. The predicted octanol–water partition coefficient (Wildman–Crippen LogP) is 2.96. The van der Waals surface area contributed by atoms with Gasteiger partial charge in [-0.15, -0.1) is 0 Å². The van der Waals surface area contributed by atoms with Gasteiger partial charge in [-0.2, -0.15) is 0 Å². The zero-order valence-electron chi connectivity index (χ0n) is 16.2. The first-order chi connectivity index (χ1) is 12.8. The van der Waals surface area contributed by atoms with Crippen molar-refractivity contribution >= 4 is 29.1 Å². The van der Waals surface area contributed by atoms with Gasteiger partial charge in [-0.3, -0.25) is 9.59 Å². The number of halogens is 1. The molecule has 1 aromatic rings. The summed E-state index contributed by atoms with van der Waals surface area (Å²) in [6, 6.07) is 5.45. The molecule has 2 fully saturated rings. The topological polar surface area (TPSA) is 52.7 Å². The first-order valence-electron chi connectivity index (χ1n) is 9.92. The Kier molecular flexibility index (Phi) is 4.71. The fraction of sp³-hybridized carbons (Fsp3) is 0.619. The Morgan fingerprint density at radius 3 is 2.59 bits per heavy atom. The van der Waals surface area contributed by atoms with E-state index in [0.29, 0.717) is 11.6 Å². The molecule has 1 saturated heterocycles. The zero-order chi connectivity index (χ0) is 19.2. The summed E-state index contributed by atoms with van der Waals surface area (Å²) in [6.45, 7) is 8.01. The number of carbonyl (C=O) groups is 2. The molecule has 27 heavy (non-hydrogen) atoms. The number of amides is 2. The van der Waals surface area contributed by atoms with Crippen LogP contribution in [0.15, 0.2) is 18.2 Å². The van der Waals surface area contributed by atoms with Gasteiger partial charge in [-0.05, 0) is 76.4 Å². The van der Waals surface area contributed by atoms with Crippen LogP contribution >= 0.6 is 11.6 Å². The van der Waals surface area contributed by atoms with E-state index in [0.717, 1.165) is 17.8 Å². The Labute approximate surface area is 166 Å². The van der Waals surface area contributed by atoms with E-state index in [1.807, 2.05) is 26.0 Å². The Balaban J connectivity index is 1.38. The third kappa shape index (κ3) is 3.59. The van der Waals surface area contributed by atoms with E-state index in [1.54, 1.807) is 11.0 Å². The van der Waals surface area contributed by atoms with E-state index in [4.69, 9.17) is 11.6 Å². The quantitative estimate of drug-likeness (QED) is 0.813. The number of nitrogens with one attached hydrogen (secondary N) is 1. The molecule has 0 unspecified atom stereocenters. The highest BCUT2D eigenvalue weighted by Gasteiger charge is 2.46. The van der Waals surface area contributed by atoms with Crippen molar-refractivity contribution in [3.05, 3.63) is 28.8 Å². The van der Waals surface area contributed by atoms with Gasteiger partial charge in [0, 0.05) is 29.2 Å². The van der Waals surface area contributed by atoms with Crippen LogP contribution in [-0.4, -0.2) is 49.4 Å². The Hall–Kier alpha value is -1.59. The number of likely N-dealkylation sites (tertiary alicyclic amines) is 1. The van der Waals surface area contributed by atoms with Crippen LogP contribution in [0.4, 0.5) is 5.69 Å². The Morgan fingerprint density at radius 1 is 1.22 bits per heavy atom. The first kappa shape index (κ1) is 18.8. The molecule has 2 amide bonds. The average Bonchev–Trinajstić information content (AvgIpc) is 3.14. The first-order valence-corrected chi connectivity index (χ1v) is 10.3. The molecule has 3 aliphatic rings. The van der Waals surface area contributed by atoms with Crippen LogP contribution in [0, 0.1) is 5.41 Å². The summed E-state index contributed by atoms with van der Waals surface area (Å²) in [4.78, 5) is 29.6. The summed E-state index contributed by atoms with van der Waals surface area (Å²) in [5, 5.41) is 3.70. The van der Waals surface area contributed by atoms with Crippen LogP contribution in [0.5, 0.6) is 0 Å². The highest BCUT2D eigenvalue weighted by molar-refractivity contribution is 6.31. The fourth-order valence-corrected chi connectivity index (χ4v) is 4.60. The normalized spacial score (nSPS) is 22.8. The van der Waals surface area contributed by atoms with Crippen molar-refractivity contribution in [2.45, 2.75) is 44.9 Å². The molecule has 2 heterocycles. The van der Waals surface area contributed by atoms with Gasteiger partial charge in [0.05, 0.1) is 5.41 Å². The number of carbonyl (C=O) groups excluding carboxylic acids is 2. The summed E-state index contributed by atoms with van der Waals surface area (Å²) in [5.74, 6) is -0.136. The summed E-state index contributed by atoms with van der Waals surface area (Å²) < 4.78 is 0. The molecule has 6 heteroatoms. The summed E-state index contributed by atoms with van der Waals surface area (Å²) in [7, 11) is 0. The second-order valence-corrected chi connectivity index (χ2v) is 9.37. The number of anilines is 1. The predicted molar refractivity (Wildman–Crippen MR) is 107 cm³/mol. The van der Waals surface area contributed by atoms with Gasteiger partial charge in [-0.1, -0.05) is 11.6 Å². The summed E-state index contributed by atoms with van der Waals surface area (Å²) in [5.41, 5.74) is 1.27. The Bertz CT molecular complexity index is 767. The second-order valence-electron chi connectivity index (χ2n) is 8.94. The van der Waals surface area contributed by atoms with Crippen LogP contribution in [0.2, 0.25) is 5.02 Å². The van der Waals surface area contributed by atoms with Crippen molar-refractivity contribution in [3.8, 4) is 0 Å². The molecule has 1 aromatic carbocycles. The van der Waals surface area contributed by atoms with Crippen molar-refractivity contribution in [2.24, 2.45) is 5.41 Å². The van der Waals surface area contributed by atoms with E-state index >= 15 is 0 Å². The number of hydrogen-bond donors (Lipinski definition) is 1. The molecule has 4 rings (SSSR count). The molecule has 0 bridgehead atoms. The van der Waals surface area contributed by atoms with E-state index in [1.165, 1.54) is 38.8 Å². The number of benzene rings is 1. The van der Waals surface area contributed by atoms with E-state index in [-0.39, 0.29) is 23.8 Å². The highest BCUT2D eigenvalue weighted by atomic mass is 35.5. The van der Waals surface area contributed by atoms with Gasteiger partial charge in [0.1, 0.15) is 6.54 Å². The van der Waals surface area contributed by atoms with E-state index < -0.39 is 5.41 Å². The van der Waals surface area contributed by atoms with Crippen LogP contribution in [0.1, 0.15) is 45.1 Å². The lowest BCUT2D eigenvalue weighted by molar-refractivity contribution is -0.125. The van der Waals surface area contributed by atoms with Gasteiger partial charge >= 0.3 is 0 Å². The monoisotopic (exact) mass is 389 g/mol. The minimum absolute atomic E-state index is 0.0480. The lowest BCUT2D eigenvalue weighted by Gasteiger charge is -2.24. The number of hydrogen-bond acceptors (Lipinski definition) is 3. The van der Waals surface area contributed by atoms with Gasteiger partial charge in [0.25, 0.3) is 0 Å². The molecular formula is C21H28ClN3O2.